The Labute approximate surface area is 150 Å². The molecule has 1 heterocycles. The van der Waals surface area contributed by atoms with E-state index in [1.807, 2.05) is 54.6 Å². The summed E-state index contributed by atoms with van der Waals surface area (Å²) in [6.45, 7) is 0.470. The molecule has 3 aromatic rings. The van der Waals surface area contributed by atoms with Crippen LogP contribution >= 0.6 is 11.8 Å². The van der Waals surface area contributed by atoms with Crippen LogP contribution in [0.15, 0.2) is 76.8 Å². The fraction of sp³-hybridized carbons (Fsp3) is 0.100. The lowest BCUT2D eigenvalue weighted by molar-refractivity contribution is 0.112. The highest BCUT2D eigenvalue weighted by atomic mass is 32.2. The number of aliphatic hydroxyl groups is 1. The van der Waals surface area contributed by atoms with Gasteiger partial charge >= 0.3 is 0 Å². The van der Waals surface area contributed by atoms with Crippen LogP contribution in [0.4, 0.5) is 0 Å². The van der Waals surface area contributed by atoms with Crippen LogP contribution in [-0.4, -0.2) is 16.4 Å². The lowest BCUT2D eigenvalue weighted by Crippen LogP contribution is -1.96. The Morgan fingerprint density at radius 3 is 2.64 bits per heavy atom. The summed E-state index contributed by atoms with van der Waals surface area (Å²) in [6, 6.07) is 17.2. The molecule has 0 aliphatic heterocycles. The van der Waals surface area contributed by atoms with E-state index in [9.17, 15) is 4.79 Å². The van der Waals surface area contributed by atoms with E-state index in [1.165, 1.54) is 11.8 Å². The smallest absolute Gasteiger partial charge is 0.152 e. The maximum absolute atomic E-state index is 11.0. The molecule has 1 aromatic heterocycles. The van der Waals surface area contributed by atoms with Gasteiger partial charge in [0.15, 0.2) is 6.29 Å². The summed E-state index contributed by atoms with van der Waals surface area (Å²) in [6.07, 6.45) is 4.05. The van der Waals surface area contributed by atoms with Crippen molar-refractivity contribution in [2.24, 2.45) is 0 Å². The van der Waals surface area contributed by atoms with Crippen molar-refractivity contribution in [3.8, 4) is 5.75 Å². The molecule has 0 aliphatic carbocycles. The monoisotopic (exact) mass is 351 g/mol. The number of carbonyl (C=O) groups is 1. The van der Waals surface area contributed by atoms with E-state index in [-0.39, 0.29) is 6.61 Å². The third kappa shape index (κ3) is 4.68. The van der Waals surface area contributed by atoms with Crippen molar-refractivity contribution >= 4 is 18.0 Å². The molecule has 5 heteroatoms. The van der Waals surface area contributed by atoms with Crippen LogP contribution in [0.2, 0.25) is 0 Å². The highest BCUT2D eigenvalue weighted by Crippen LogP contribution is 2.30. The average Bonchev–Trinajstić information content (AvgIpc) is 2.68. The fourth-order valence-corrected chi connectivity index (χ4v) is 3.16. The SMILES string of the molecule is O=Cc1cnccc1Sc1ccc(OCc2cccc(CO)c2)cc1. The van der Waals surface area contributed by atoms with E-state index in [0.29, 0.717) is 12.2 Å². The number of ether oxygens (including phenoxy) is 1. The van der Waals surface area contributed by atoms with E-state index in [0.717, 1.165) is 33.0 Å². The van der Waals surface area contributed by atoms with E-state index in [2.05, 4.69) is 4.98 Å². The number of rotatable bonds is 7. The molecule has 0 fully saturated rings. The van der Waals surface area contributed by atoms with Gasteiger partial charge in [-0.1, -0.05) is 36.0 Å². The third-order valence-electron chi connectivity index (χ3n) is 3.57. The lowest BCUT2D eigenvalue weighted by Gasteiger charge is -2.09. The molecule has 25 heavy (non-hydrogen) atoms. The van der Waals surface area contributed by atoms with Crippen LogP contribution in [0.1, 0.15) is 21.5 Å². The minimum absolute atomic E-state index is 0.0253. The molecule has 2 aromatic carbocycles. The Bertz CT molecular complexity index is 850. The second kappa shape index (κ2) is 8.46. The molecule has 126 valence electrons. The van der Waals surface area contributed by atoms with Gasteiger partial charge in [0.05, 0.1) is 6.61 Å². The van der Waals surface area contributed by atoms with Gasteiger partial charge in [-0.25, -0.2) is 0 Å². The van der Waals surface area contributed by atoms with E-state index in [1.54, 1.807) is 12.4 Å². The van der Waals surface area contributed by atoms with Crippen LogP contribution in [0.25, 0.3) is 0 Å². The number of aldehydes is 1. The molecule has 0 bridgehead atoms. The molecule has 0 radical (unpaired) electrons. The van der Waals surface area contributed by atoms with Crippen molar-refractivity contribution in [3.63, 3.8) is 0 Å². The van der Waals surface area contributed by atoms with Gasteiger partial charge in [0, 0.05) is 27.7 Å². The first-order valence-corrected chi connectivity index (χ1v) is 8.59. The number of aliphatic hydroxyl groups excluding tert-OH is 1. The van der Waals surface area contributed by atoms with Crippen molar-refractivity contribution in [2.45, 2.75) is 23.0 Å². The van der Waals surface area contributed by atoms with Crippen molar-refractivity contribution in [3.05, 3.63) is 83.7 Å². The standard InChI is InChI=1S/C20H17NO3S/c22-12-15-2-1-3-16(10-15)14-24-18-4-6-19(7-5-18)25-20-8-9-21-11-17(20)13-23/h1-11,13,22H,12,14H2. The Hall–Kier alpha value is -2.63. The van der Waals surface area contributed by atoms with Gasteiger partial charge < -0.3 is 9.84 Å². The quantitative estimate of drug-likeness (QED) is 0.649. The first-order valence-electron chi connectivity index (χ1n) is 7.77. The second-order valence-corrected chi connectivity index (χ2v) is 6.49. The Kier molecular flexibility index (Phi) is 5.82. The van der Waals surface area contributed by atoms with Crippen LogP contribution in [0, 0.1) is 0 Å². The summed E-state index contributed by atoms with van der Waals surface area (Å²) in [5.74, 6) is 0.768. The largest absolute Gasteiger partial charge is 0.489 e. The maximum atomic E-state index is 11.0. The Morgan fingerprint density at radius 1 is 1.08 bits per heavy atom. The summed E-state index contributed by atoms with van der Waals surface area (Å²) in [7, 11) is 0. The van der Waals surface area contributed by atoms with Gasteiger partial charge in [0.1, 0.15) is 12.4 Å². The lowest BCUT2D eigenvalue weighted by atomic mass is 10.1. The second-order valence-electron chi connectivity index (χ2n) is 5.37. The highest BCUT2D eigenvalue weighted by molar-refractivity contribution is 7.99. The number of pyridine rings is 1. The van der Waals surface area contributed by atoms with Gasteiger partial charge in [-0.15, -0.1) is 0 Å². The van der Waals surface area contributed by atoms with E-state index < -0.39 is 0 Å². The van der Waals surface area contributed by atoms with Crippen molar-refractivity contribution in [1.82, 2.24) is 4.98 Å². The molecule has 0 unspecified atom stereocenters. The molecule has 0 aliphatic rings. The minimum Gasteiger partial charge on any atom is -0.489 e. The normalized spacial score (nSPS) is 10.4. The van der Waals surface area contributed by atoms with Crippen LogP contribution in [0.5, 0.6) is 5.75 Å². The molecule has 0 spiro atoms. The van der Waals surface area contributed by atoms with Gasteiger partial charge in [-0.05, 0) is 41.5 Å². The number of aromatic nitrogens is 1. The van der Waals surface area contributed by atoms with Gasteiger partial charge in [0.2, 0.25) is 0 Å². The van der Waals surface area contributed by atoms with Crippen molar-refractivity contribution in [2.75, 3.05) is 0 Å². The zero-order chi connectivity index (χ0) is 17.5. The number of nitrogens with zero attached hydrogens (tertiary/aromatic N) is 1. The summed E-state index contributed by atoms with van der Waals surface area (Å²) in [5.41, 5.74) is 2.46. The molecule has 3 rings (SSSR count). The molecular formula is C20H17NO3S. The Morgan fingerprint density at radius 2 is 1.88 bits per heavy atom. The molecule has 0 saturated heterocycles. The van der Waals surface area contributed by atoms with Crippen molar-refractivity contribution in [1.29, 1.82) is 0 Å². The molecule has 1 N–H and O–H groups in total. The first-order chi connectivity index (χ1) is 12.3. The third-order valence-corrected chi connectivity index (χ3v) is 4.67. The van der Waals surface area contributed by atoms with E-state index >= 15 is 0 Å². The zero-order valence-corrected chi connectivity index (χ0v) is 14.3. The molecule has 4 nitrogen and oxygen atoms in total. The summed E-state index contributed by atoms with van der Waals surface area (Å²) in [4.78, 5) is 16.9. The minimum atomic E-state index is 0.0253. The fourth-order valence-electron chi connectivity index (χ4n) is 2.29. The molecular weight excluding hydrogens is 334 g/mol. The van der Waals surface area contributed by atoms with Gasteiger partial charge in [0.25, 0.3) is 0 Å². The maximum Gasteiger partial charge on any atom is 0.152 e. The highest BCUT2D eigenvalue weighted by Gasteiger charge is 2.04. The predicted molar refractivity (Wildman–Crippen MR) is 96.9 cm³/mol. The number of benzene rings is 2. The number of carbonyl (C=O) groups excluding carboxylic acids is 1. The number of hydrogen-bond acceptors (Lipinski definition) is 5. The predicted octanol–water partition coefficient (Wildman–Crippen LogP) is 4.12. The van der Waals surface area contributed by atoms with E-state index in [4.69, 9.17) is 9.84 Å². The molecule has 0 amide bonds. The first kappa shape index (κ1) is 17.2. The van der Waals surface area contributed by atoms with Crippen LogP contribution in [0.3, 0.4) is 0 Å². The van der Waals surface area contributed by atoms with Gasteiger partial charge in [-0.2, -0.15) is 0 Å². The zero-order valence-electron chi connectivity index (χ0n) is 13.5. The topological polar surface area (TPSA) is 59.4 Å². The number of hydrogen-bond donors (Lipinski definition) is 1. The van der Waals surface area contributed by atoms with Crippen LogP contribution in [-0.2, 0) is 13.2 Å². The Balaban J connectivity index is 1.63. The van der Waals surface area contributed by atoms with Crippen LogP contribution < -0.4 is 4.74 Å². The average molecular weight is 351 g/mol. The summed E-state index contributed by atoms with van der Waals surface area (Å²) < 4.78 is 5.78. The van der Waals surface area contributed by atoms with Gasteiger partial charge in [-0.3, -0.25) is 9.78 Å². The van der Waals surface area contributed by atoms with Crippen molar-refractivity contribution < 1.29 is 14.6 Å². The molecule has 0 saturated carbocycles. The summed E-state index contributed by atoms with van der Waals surface area (Å²) >= 11 is 1.51. The molecule has 0 atom stereocenters. The summed E-state index contributed by atoms with van der Waals surface area (Å²) in [5, 5.41) is 9.17.